The fraction of sp³-hybridized carbons (Fsp3) is 0.148. The van der Waals surface area contributed by atoms with Crippen LogP contribution >= 0.6 is 0 Å². The van der Waals surface area contributed by atoms with E-state index in [2.05, 4.69) is 4.90 Å². The Morgan fingerprint density at radius 2 is 1.11 bits per heavy atom. The van der Waals surface area contributed by atoms with Crippen LogP contribution in [0.2, 0.25) is 0 Å². The van der Waals surface area contributed by atoms with E-state index in [-0.39, 0.29) is 11.1 Å². The number of anilines is 3. The highest BCUT2D eigenvalue weighted by Crippen LogP contribution is 2.23. The predicted octanol–water partition coefficient (Wildman–Crippen LogP) is 4.14. The molecule has 0 saturated carbocycles. The van der Waals surface area contributed by atoms with Gasteiger partial charge in [-0.3, -0.25) is 0 Å². The predicted molar refractivity (Wildman–Crippen MR) is 135 cm³/mol. The molecule has 0 spiro atoms. The van der Waals surface area contributed by atoms with Gasteiger partial charge in [0.15, 0.2) is 0 Å². The fourth-order valence-electron chi connectivity index (χ4n) is 3.29. The third-order valence-corrected chi connectivity index (χ3v) is 5.13. The van der Waals surface area contributed by atoms with Crippen molar-refractivity contribution in [2.24, 2.45) is 0 Å². The fourth-order valence-corrected chi connectivity index (χ4v) is 3.29. The summed E-state index contributed by atoms with van der Waals surface area (Å²) in [6.07, 6.45) is 0. The Kier molecular flexibility index (Phi) is 8.54. The smallest absolute Gasteiger partial charge is 0.148 e. The Morgan fingerprint density at radius 3 is 1.51 bits per heavy atom. The van der Waals surface area contributed by atoms with Gasteiger partial charge in [0.1, 0.15) is 48.5 Å². The Balaban J connectivity index is 1.73. The minimum absolute atomic E-state index is 0.0477. The van der Waals surface area contributed by atoms with Crippen molar-refractivity contribution in [2.45, 2.75) is 0 Å². The average molecular weight is 465 g/mol. The number of nitrogen functional groups attached to an aromatic ring is 2. The van der Waals surface area contributed by atoms with Crippen LogP contribution in [-0.4, -0.2) is 26.3 Å². The summed E-state index contributed by atoms with van der Waals surface area (Å²) in [6.45, 7) is 1.97. The highest BCUT2D eigenvalue weighted by Gasteiger charge is 2.12. The zero-order valence-corrected chi connectivity index (χ0v) is 19.0. The molecule has 0 aliphatic carbocycles. The van der Waals surface area contributed by atoms with E-state index in [0.717, 1.165) is 17.2 Å². The molecule has 0 aliphatic heterocycles. The van der Waals surface area contributed by atoms with Crippen LogP contribution in [-0.2, 0) is 0 Å². The van der Waals surface area contributed by atoms with Gasteiger partial charge in [0, 0.05) is 17.1 Å². The van der Waals surface area contributed by atoms with Gasteiger partial charge in [-0.25, -0.2) is 0 Å². The third-order valence-electron chi connectivity index (χ3n) is 5.13. The van der Waals surface area contributed by atoms with E-state index in [4.69, 9.17) is 31.5 Å². The normalized spacial score (nSPS) is 9.74. The lowest BCUT2D eigenvalue weighted by Crippen LogP contribution is -2.32. The van der Waals surface area contributed by atoms with Gasteiger partial charge in [0.25, 0.3) is 0 Å². The number of hydrogen-bond donors (Lipinski definition) is 2. The number of nitriles is 3. The molecule has 3 rings (SSSR count). The van der Waals surface area contributed by atoms with Crippen molar-refractivity contribution < 1.29 is 9.47 Å². The van der Waals surface area contributed by atoms with E-state index in [9.17, 15) is 5.26 Å². The number of rotatable bonds is 10. The zero-order chi connectivity index (χ0) is 25.0. The summed E-state index contributed by atoms with van der Waals surface area (Å²) < 4.78 is 11.7. The van der Waals surface area contributed by atoms with Crippen LogP contribution in [0.1, 0.15) is 5.56 Å². The second kappa shape index (κ2) is 12.2. The van der Waals surface area contributed by atoms with Crippen molar-refractivity contribution in [3.8, 4) is 29.7 Å². The highest BCUT2D eigenvalue weighted by atomic mass is 16.5. The maximum atomic E-state index is 9.40. The first-order valence-electron chi connectivity index (χ1n) is 10.8. The lowest BCUT2D eigenvalue weighted by Gasteiger charge is -2.25. The molecule has 0 unspecified atom stereocenters. The minimum atomic E-state index is -0.217. The Morgan fingerprint density at radius 1 is 0.657 bits per heavy atom. The van der Waals surface area contributed by atoms with Crippen LogP contribution in [0, 0.1) is 34.0 Å². The number of nitrogens with zero attached hydrogens (tertiary/aromatic N) is 4. The molecule has 0 heterocycles. The number of benzene rings is 3. The zero-order valence-electron chi connectivity index (χ0n) is 19.0. The van der Waals surface area contributed by atoms with E-state index in [1.165, 1.54) is 0 Å². The average Bonchev–Trinajstić information content (AvgIpc) is 2.88. The quantitative estimate of drug-likeness (QED) is 0.336. The van der Waals surface area contributed by atoms with Gasteiger partial charge < -0.3 is 25.8 Å². The van der Waals surface area contributed by atoms with E-state index in [1.54, 1.807) is 48.5 Å². The summed E-state index contributed by atoms with van der Waals surface area (Å²) in [5.41, 5.74) is 14.0. The first-order chi connectivity index (χ1) is 17.0. The molecule has 8 heteroatoms. The van der Waals surface area contributed by atoms with Crippen LogP contribution in [0.4, 0.5) is 17.1 Å². The summed E-state index contributed by atoms with van der Waals surface area (Å²) in [7, 11) is 0. The van der Waals surface area contributed by atoms with Crippen LogP contribution in [0.15, 0.2) is 78.4 Å². The summed E-state index contributed by atoms with van der Waals surface area (Å²) in [6, 6.07) is 27.0. The van der Waals surface area contributed by atoms with Crippen LogP contribution < -0.4 is 25.8 Å². The monoisotopic (exact) mass is 464 g/mol. The minimum Gasteiger partial charge on any atom is -0.492 e. The lowest BCUT2D eigenvalue weighted by molar-refractivity contribution is 0.303. The molecular formula is C27H24N6O2. The Hall–Kier alpha value is -5.13. The molecule has 8 nitrogen and oxygen atoms in total. The molecule has 0 aromatic heterocycles. The molecule has 174 valence electrons. The lowest BCUT2D eigenvalue weighted by atomic mass is 10.0. The third kappa shape index (κ3) is 6.92. The summed E-state index contributed by atoms with van der Waals surface area (Å²) >= 11 is 0. The van der Waals surface area contributed by atoms with Crippen molar-refractivity contribution in [3.05, 3.63) is 83.9 Å². The van der Waals surface area contributed by atoms with Gasteiger partial charge in [0.05, 0.1) is 18.7 Å². The molecule has 0 fully saturated rings. The number of nitrogens with two attached hydrogens (primary N) is 2. The topological polar surface area (TPSA) is 145 Å². The first-order valence-corrected chi connectivity index (χ1v) is 10.8. The molecule has 0 bridgehead atoms. The van der Waals surface area contributed by atoms with Gasteiger partial charge in [-0.2, -0.15) is 15.8 Å². The molecule has 3 aromatic rings. The first kappa shape index (κ1) is 24.5. The summed E-state index contributed by atoms with van der Waals surface area (Å²) in [5.74, 6) is 1.44. The summed E-state index contributed by atoms with van der Waals surface area (Å²) in [4.78, 5) is 2.09. The number of hydrogen-bond acceptors (Lipinski definition) is 8. The van der Waals surface area contributed by atoms with Crippen molar-refractivity contribution in [1.29, 1.82) is 15.8 Å². The standard InChI is InChI=1S/C27H24N6O2/c28-17-21(18-29)27(19-30)20-1-7-24(8-2-20)33(13-15-34-25-9-3-22(31)4-10-25)14-16-35-26-11-5-23(32)6-12-26/h1-12H,13-16,31-32H2. The van der Waals surface area contributed by atoms with Gasteiger partial charge in [0.2, 0.25) is 0 Å². The van der Waals surface area contributed by atoms with E-state index in [0.29, 0.717) is 43.2 Å². The highest BCUT2D eigenvalue weighted by molar-refractivity contribution is 5.84. The largest absolute Gasteiger partial charge is 0.492 e. The SMILES string of the molecule is N#CC(C#N)=C(C#N)c1ccc(N(CCOc2ccc(N)cc2)CCOc2ccc(N)cc2)cc1. The second-order valence-electron chi connectivity index (χ2n) is 7.45. The Labute approximate surface area is 204 Å². The molecule has 0 amide bonds. The van der Waals surface area contributed by atoms with Crippen molar-refractivity contribution in [1.82, 2.24) is 0 Å². The molecule has 0 aliphatic rings. The van der Waals surface area contributed by atoms with Crippen LogP contribution in [0.25, 0.3) is 5.57 Å². The number of allylic oxidation sites excluding steroid dienone is 2. The Bertz CT molecular complexity index is 1210. The van der Waals surface area contributed by atoms with Crippen LogP contribution in [0.3, 0.4) is 0 Å². The van der Waals surface area contributed by atoms with Gasteiger partial charge in [-0.1, -0.05) is 12.1 Å². The van der Waals surface area contributed by atoms with E-state index < -0.39 is 0 Å². The second-order valence-corrected chi connectivity index (χ2v) is 7.45. The van der Waals surface area contributed by atoms with Crippen molar-refractivity contribution >= 4 is 22.6 Å². The molecule has 0 saturated heterocycles. The van der Waals surface area contributed by atoms with Gasteiger partial charge in [-0.15, -0.1) is 0 Å². The van der Waals surface area contributed by atoms with Crippen molar-refractivity contribution in [3.63, 3.8) is 0 Å². The molecule has 0 atom stereocenters. The molecule has 35 heavy (non-hydrogen) atoms. The maximum absolute atomic E-state index is 9.40. The van der Waals surface area contributed by atoms with Crippen LogP contribution in [0.5, 0.6) is 11.5 Å². The van der Waals surface area contributed by atoms with E-state index >= 15 is 0 Å². The van der Waals surface area contributed by atoms with E-state index in [1.807, 2.05) is 42.5 Å². The summed E-state index contributed by atoms with van der Waals surface area (Å²) in [5, 5.41) is 27.6. The molecule has 4 N–H and O–H groups in total. The maximum Gasteiger partial charge on any atom is 0.148 e. The molecule has 0 radical (unpaired) electrons. The van der Waals surface area contributed by atoms with Gasteiger partial charge >= 0.3 is 0 Å². The molecular weight excluding hydrogens is 440 g/mol. The van der Waals surface area contributed by atoms with Crippen molar-refractivity contribution in [2.75, 3.05) is 42.7 Å². The number of ether oxygens (including phenoxy) is 2. The van der Waals surface area contributed by atoms with Gasteiger partial charge in [-0.05, 0) is 66.2 Å². The molecule has 3 aromatic carbocycles.